The Labute approximate surface area is 160 Å². The summed E-state index contributed by atoms with van der Waals surface area (Å²) in [5.41, 5.74) is 7.28. The van der Waals surface area contributed by atoms with Gasteiger partial charge in [-0.25, -0.2) is 0 Å². The summed E-state index contributed by atoms with van der Waals surface area (Å²) >= 11 is 1.24. The number of rotatable bonds is 7. The zero-order chi connectivity index (χ0) is 19.2. The van der Waals surface area contributed by atoms with Crippen molar-refractivity contribution in [1.82, 2.24) is 14.8 Å². The average molecular weight is 385 g/mol. The van der Waals surface area contributed by atoms with E-state index in [1.807, 2.05) is 30.3 Å². The van der Waals surface area contributed by atoms with E-state index < -0.39 is 0 Å². The minimum atomic E-state index is -0.215. The number of ether oxygens (including phenoxy) is 2. The third kappa shape index (κ3) is 4.32. The number of aromatic nitrogens is 3. The summed E-state index contributed by atoms with van der Waals surface area (Å²) in [4.78, 5) is 12.4. The van der Waals surface area contributed by atoms with Crippen LogP contribution in [-0.4, -0.2) is 40.6 Å². The summed E-state index contributed by atoms with van der Waals surface area (Å²) < 4.78 is 12.2. The Bertz CT molecular complexity index is 930. The van der Waals surface area contributed by atoms with Gasteiger partial charge in [0.25, 0.3) is 0 Å². The van der Waals surface area contributed by atoms with Crippen LogP contribution in [0.25, 0.3) is 5.69 Å². The molecule has 1 aromatic heterocycles. The van der Waals surface area contributed by atoms with E-state index in [0.717, 1.165) is 5.69 Å². The van der Waals surface area contributed by atoms with Crippen LogP contribution < -0.4 is 20.5 Å². The molecule has 0 saturated heterocycles. The predicted molar refractivity (Wildman–Crippen MR) is 105 cm³/mol. The lowest BCUT2D eigenvalue weighted by Gasteiger charge is -2.12. The SMILES string of the molecule is COc1ccc(OC)c(NC(=O)CSc2nnc(N)n2-c2ccccc2)c1. The van der Waals surface area contributed by atoms with Crippen molar-refractivity contribution in [2.24, 2.45) is 0 Å². The summed E-state index contributed by atoms with van der Waals surface area (Å²) in [6, 6.07) is 14.7. The first kappa shape index (κ1) is 18.6. The number of amides is 1. The van der Waals surface area contributed by atoms with Gasteiger partial charge in [-0.05, 0) is 24.3 Å². The van der Waals surface area contributed by atoms with Crippen LogP contribution in [0.1, 0.15) is 0 Å². The lowest BCUT2D eigenvalue weighted by atomic mass is 10.2. The molecule has 3 rings (SSSR count). The number of para-hydroxylation sites is 1. The monoisotopic (exact) mass is 385 g/mol. The normalized spacial score (nSPS) is 10.4. The molecule has 0 atom stereocenters. The Hall–Kier alpha value is -3.20. The number of hydrogen-bond donors (Lipinski definition) is 2. The van der Waals surface area contributed by atoms with E-state index in [2.05, 4.69) is 15.5 Å². The second-order valence-corrected chi connectivity index (χ2v) is 6.36. The molecule has 27 heavy (non-hydrogen) atoms. The maximum Gasteiger partial charge on any atom is 0.234 e. The number of nitrogens with one attached hydrogen (secondary N) is 1. The van der Waals surface area contributed by atoms with Crippen molar-refractivity contribution in [2.45, 2.75) is 5.16 Å². The summed E-state index contributed by atoms with van der Waals surface area (Å²) in [5, 5.41) is 11.3. The Kier molecular flexibility index (Phi) is 5.82. The molecule has 1 heterocycles. The van der Waals surface area contributed by atoms with Gasteiger partial charge in [0, 0.05) is 6.07 Å². The number of anilines is 2. The number of methoxy groups -OCH3 is 2. The number of nitrogens with zero attached hydrogens (tertiary/aromatic N) is 3. The molecule has 0 unspecified atom stereocenters. The number of hydrogen-bond acceptors (Lipinski definition) is 7. The minimum absolute atomic E-state index is 0.130. The van der Waals surface area contributed by atoms with Gasteiger partial charge in [-0.3, -0.25) is 9.36 Å². The number of carbonyl (C=O) groups is 1. The Balaban J connectivity index is 1.71. The van der Waals surface area contributed by atoms with Gasteiger partial charge >= 0.3 is 0 Å². The van der Waals surface area contributed by atoms with Crippen molar-refractivity contribution in [3.05, 3.63) is 48.5 Å². The largest absolute Gasteiger partial charge is 0.497 e. The van der Waals surface area contributed by atoms with Gasteiger partial charge in [-0.1, -0.05) is 30.0 Å². The Morgan fingerprint density at radius 2 is 1.93 bits per heavy atom. The molecule has 0 spiro atoms. The zero-order valence-corrected chi connectivity index (χ0v) is 15.7. The summed E-state index contributed by atoms with van der Waals surface area (Å²) in [6.45, 7) is 0. The van der Waals surface area contributed by atoms with Crippen LogP contribution in [0.3, 0.4) is 0 Å². The van der Waals surface area contributed by atoms with Crippen LogP contribution in [0.2, 0.25) is 0 Å². The van der Waals surface area contributed by atoms with E-state index >= 15 is 0 Å². The van der Waals surface area contributed by atoms with E-state index in [0.29, 0.717) is 22.3 Å². The van der Waals surface area contributed by atoms with Crippen molar-refractivity contribution in [3.63, 3.8) is 0 Å². The van der Waals surface area contributed by atoms with Crippen LogP contribution in [-0.2, 0) is 4.79 Å². The number of nitrogen functional groups attached to an aromatic ring is 1. The first-order chi connectivity index (χ1) is 13.1. The zero-order valence-electron chi connectivity index (χ0n) is 14.9. The molecule has 9 heteroatoms. The van der Waals surface area contributed by atoms with Crippen LogP contribution in [0, 0.1) is 0 Å². The fourth-order valence-corrected chi connectivity index (χ4v) is 3.18. The van der Waals surface area contributed by atoms with E-state index in [9.17, 15) is 4.79 Å². The van der Waals surface area contributed by atoms with Crippen LogP contribution in [0.15, 0.2) is 53.7 Å². The highest BCUT2D eigenvalue weighted by Crippen LogP contribution is 2.29. The molecule has 0 aliphatic heterocycles. The number of thioether (sulfide) groups is 1. The Morgan fingerprint density at radius 3 is 2.63 bits per heavy atom. The van der Waals surface area contributed by atoms with Gasteiger partial charge in [-0.15, -0.1) is 10.2 Å². The molecule has 3 aromatic rings. The minimum Gasteiger partial charge on any atom is -0.497 e. The van der Waals surface area contributed by atoms with Crippen LogP contribution in [0.5, 0.6) is 11.5 Å². The molecule has 0 saturated carbocycles. The van der Waals surface area contributed by atoms with Crippen molar-refractivity contribution in [1.29, 1.82) is 0 Å². The van der Waals surface area contributed by atoms with Crippen molar-refractivity contribution < 1.29 is 14.3 Å². The molecule has 3 N–H and O–H groups in total. The molecule has 1 amide bonds. The fraction of sp³-hybridized carbons (Fsp3) is 0.167. The predicted octanol–water partition coefficient (Wildman–Crippen LogP) is 2.60. The number of carbonyl (C=O) groups excluding carboxylic acids is 1. The van der Waals surface area contributed by atoms with Crippen molar-refractivity contribution in [3.8, 4) is 17.2 Å². The van der Waals surface area contributed by atoms with Crippen LogP contribution in [0.4, 0.5) is 11.6 Å². The topological polar surface area (TPSA) is 104 Å². The lowest BCUT2D eigenvalue weighted by molar-refractivity contribution is -0.113. The van der Waals surface area contributed by atoms with Gasteiger partial charge in [0.05, 0.1) is 31.3 Å². The summed E-state index contributed by atoms with van der Waals surface area (Å²) in [6.07, 6.45) is 0. The van der Waals surface area contributed by atoms with E-state index in [1.54, 1.807) is 29.9 Å². The number of benzene rings is 2. The summed E-state index contributed by atoms with van der Waals surface area (Å²) in [7, 11) is 3.10. The van der Waals surface area contributed by atoms with E-state index in [4.69, 9.17) is 15.2 Å². The molecule has 2 aromatic carbocycles. The molecule has 0 bridgehead atoms. The highest BCUT2D eigenvalue weighted by molar-refractivity contribution is 7.99. The lowest BCUT2D eigenvalue weighted by Crippen LogP contribution is -2.15. The summed E-state index contributed by atoms with van der Waals surface area (Å²) in [5.74, 6) is 1.35. The first-order valence-corrected chi connectivity index (χ1v) is 9.02. The van der Waals surface area contributed by atoms with Gasteiger partial charge < -0.3 is 20.5 Å². The number of nitrogens with two attached hydrogens (primary N) is 1. The molecule has 0 fully saturated rings. The van der Waals surface area contributed by atoms with E-state index in [1.165, 1.54) is 18.9 Å². The third-order valence-corrected chi connectivity index (χ3v) is 4.61. The standard InChI is InChI=1S/C18H19N5O3S/c1-25-13-8-9-15(26-2)14(10-13)20-16(24)11-27-18-22-21-17(19)23(18)12-6-4-3-5-7-12/h3-10H,11H2,1-2H3,(H2,19,21)(H,20,24). The van der Waals surface area contributed by atoms with Crippen molar-refractivity contribution >= 4 is 29.3 Å². The van der Waals surface area contributed by atoms with Crippen LogP contribution >= 0.6 is 11.8 Å². The average Bonchev–Trinajstić information content (AvgIpc) is 3.07. The van der Waals surface area contributed by atoms with Gasteiger partial charge in [-0.2, -0.15) is 0 Å². The first-order valence-electron chi connectivity index (χ1n) is 8.03. The molecular formula is C18H19N5O3S. The second kappa shape index (κ2) is 8.45. The maximum absolute atomic E-state index is 12.4. The highest BCUT2D eigenvalue weighted by Gasteiger charge is 2.15. The molecule has 0 aliphatic carbocycles. The van der Waals surface area contributed by atoms with E-state index in [-0.39, 0.29) is 17.6 Å². The molecular weight excluding hydrogens is 366 g/mol. The molecule has 140 valence electrons. The van der Waals surface area contributed by atoms with Gasteiger partial charge in [0.15, 0.2) is 5.16 Å². The van der Waals surface area contributed by atoms with Gasteiger partial charge in [0.1, 0.15) is 11.5 Å². The Morgan fingerprint density at radius 1 is 1.15 bits per heavy atom. The molecule has 0 radical (unpaired) electrons. The maximum atomic E-state index is 12.4. The third-order valence-electron chi connectivity index (χ3n) is 3.69. The molecule has 8 nitrogen and oxygen atoms in total. The molecule has 0 aliphatic rings. The quantitative estimate of drug-likeness (QED) is 0.602. The van der Waals surface area contributed by atoms with Crippen molar-refractivity contribution in [2.75, 3.05) is 31.0 Å². The van der Waals surface area contributed by atoms with Gasteiger partial charge in [0.2, 0.25) is 11.9 Å². The highest BCUT2D eigenvalue weighted by atomic mass is 32.2. The smallest absolute Gasteiger partial charge is 0.234 e. The fourth-order valence-electron chi connectivity index (χ4n) is 2.42. The second-order valence-electron chi connectivity index (χ2n) is 5.41.